The van der Waals surface area contributed by atoms with E-state index >= 15 is 0 Å². The van der Waals surface area contributed by atoms with Crippen molar-refractivity contribution in [2.24, 2.45) is 34.3 Å². The van der Waals surface area contributed by atoms with Crippen molar-refractivity contribution in [3.63, 3.8) is 0 Å². The number of urea groups is 1. The van der Waals surface area contributed by atoms with E-state index in [1.54, 1.807) is 52.8 Å². The number of fused-ring (bicyclic) bond motifs is 1. The van der Waals surface area contributed by atoms with Crippen LogP contribution < -0.4 is 21.7 Å². The van der Waals surface area contributed by atoms with Crippen LogP contribution >= 0.6 is 0 Å². The second-order valence-electron chi connectivity index (χ2n) is 12.6. The van der Waals surface area contributed by atoms with E-state index in [1.807, 2.05) is 13.8 Å². The number of pyridine rings is 1. The number of primary amides is 1. The van der Waals surface area contributed by atoms with Gasteiger partial charge in [-0.15, -0.1) is 0 Å². The van der Waals surface area contributed by atoms with Gasteiger partial charge in [0.2, 0.25) is 23.4 Å². The number of piperidine rings is 1. The Kier molecular flexibility index (Phi) is 8.71. The number of ketones is 2. The predicted octanol–water partition coefficient (Wildman–Crippen LogP) is 0.656. The van der Waals surface area contributed by atoms with Crippen LogP contribution in [-0.2, 0) is 19.2 Å². The quantitative estimate of drug-likeness (QED) is 0.241. The molecule has 218 valence electrons. The first-order chi connectivity index (χ1) is 18.5. The number of aromatic nitrogens is 1. The van der Waals surface area contributed by atoms with Gasteiger partial charge in [0.15, 0.2) is 0 Å². The van der Waals surface area contributed by atoms with Crippen LogP contribution in [0.1, 0.15) is 59.0 Å². The van der Waals surface area contributed by atoms with E-state index in [1.165, 1.54) is 11.1 Å². The van der Waals surface area contributed by atoms with Crippen molar-refractivity contribution in [1.29, 1.82) is 0 Å². The number of nitrogens with zero attached hydrogens (tertiary/aromatic N) is 2. The molecule has 1 aliphatic heterocycles. The third kappa shape index (κ3) is 6.31. The maximum Gasteiger partial charge on any atom is 0.316 e. The smallest absolute Gasteiger partial charge is 0.316 e. The lowest BCUT2D eigenvalue weighted by atomic mass is 9.85. The molecule has 0 aromatic carbocycles. The van der Waals surface area contributed by atoms with Gasteiger partial charge in [0, 0.05) is 12.7 Å². The molecule has 40 heavy (non-hydrogen) atoms. The Morgan fingerprint density at radius 1 is 1.10 bits per heavy atom. The summed E-state index contributed by atoms with van der Waals surface area (Å²) in [4.78, 5) is 81.7. The summed E-state index contributed by atoms with van der Waals surface area (Å²) in [6.45, 7) is 12.7. The maximum absolute atomic E-state index is 13.9. The summed E-state index contributed by atoms with van der Waals surface area (Å²) < 4.78 is 0. The van der Waals surface area contributed by atoms with E-state index in [0.717, 1.165) is 0 Å². The van der Waals surface area contributed by atoms with Crippen molar-refractivity contribution in [3.05, 3.63) is 30.1 Å². The van der Waals surface area contributed by atoms with Crippen molar-refractivity contribution in [1.82, 2.24) is 25.8 Å². The molecule has 1 aliphatic carbocycles. The molecule has 2 aliphatic rings. The molecular formula is C28H40N6O6. The number of rotatable bonds is 10. The van der Waals surface area contributed by atoms with Crippen LogP contribution in [0.15, 0.2) is 24.4 Å². The van der Waals surface area contributed by atoms with Gasteiger partial charge < -0.3 is 26.6 Å². The summed E-state index contributed by atoms with van der Waals surface area (Å²) in [5.41, 5.74) is 4.27. The molecule has 0 radical (unpaired) electrons. The summed E-state index contributed by atoms with van der Waals surface area (Å²) in [5, 5.41) is 7.88. The highest BCUT2D eigenvalue weighted by Crippen LogP contribution is 2.65. The number of carbonyl (C=O) groups excluding carboxylic acids is 6. The lowest BCUT2D eigenvalue weighted by Gasteiger charge is -2.37. The van der Waals surface area contributed by atoms with Crippen LogP contribution in [0.4, 0.5) is 4.79 Å². The number of hydrogen-bond donors (Lipinski definition) is 4. The van der Waals surface area contributed by atoms with Crippen molar-refractivity contribution < 1.29 is 28.8 Å². The van der Waals surface area contributed by atoms with Crippen LogP contribution in [0.2, 0.25) is 0 Å². The minimum atomic E-state index is -1.16. The monoisotopic (exact) mass is 556 g/mol. The Morgan fingerprint density at radius 3 is 2.27 bits per heavy atom. The first-order valence-corrected chi connectivity index (χ1v) is 13.4. The highest BCUT2D eigenvalue weighted by Gasteiger charge is 2.69. The van der Waals surface area contributed by atoms with Crippen LogP contribution in [0, 0.1) is 28.6 Å². The molecule has 2 heterocycles. The third-order valence-electron chi connectivity index (χ3n) is 8.00. The summed E-state index contributed by atoms with van der Waals surface area (Å²) in [5.74, 6) is -3.80. The topological polar surface area (TPSA) is 181 Å². The first kappa shape index (κ1) is 30.7. The van der Waals surface area contributed by atoms with Crippen LogP contribution in [0.3, 0.4) is 0 Å². The molecule has 1 saturated heterocycles. The number of hydrogen-bond acceptors (Lipinski definition) is 7. The molecule has 1 aromatic heterocycles. The molecule has 12 heteroatoms. The van der Waals surface area contributed by atoms with Crippen molar-refractivity contribution in [2.45, 2.75) is 66.6 Å². The highest BCUT2D eigenvalue weighted by molar-refractivity contribution is 6.36. The Bertz CT molecular complexity index is 1190. The molecule has 1 saturated carbocycles. The fraction of sp³-hybridized carbons (Fsp3) is 0.607. The molecule has 5 N–H and O–H groups in total. The molecule has 5 amide bonds. The molecule has 3 rings (SSSR count). The van der Waals surface area contributed by atoms with E-state index < -0.39 is 59.6 Å². The maximum atomic E-state index is 13.9. The zero-order valence-electron chi connectivity index (χ0n) is 24.1. The standard InChI is InChI=1S/C28H40N6O6/c1-14(2)19(21(36)16-10-8-9-11-30-16)32-26(40)33-22(27(3,4)5)25(39)34-13-15-18(28(15,6)7)20(34)24(38)31-12-17(35)23(29)37/h8-11,14-15,18-20,22H,12-13H2,1-7H3,(H2,29,37)(H,31,38)(H2,32,33,40)/t15-,18-,19-,20-,22+/m0/s1. The normalized spacial score (nSPS) is 22.5. The van der Waals surface area contributed by atoms with Crippen LogP contribution in [0.25, 0.3) is 0 Å². The number of Topliss-reactive ketones (excluding diaryl/α,β-unsaturated/α-hetero) is 2. The largest absolute Gasteiger partial charge is 0.363 e. The number of carbonyl (C=O) groups is 6. The second kappa shape index (κ2) is 11.3. The summed E-state index contributed by atoms with van der Waals surface area (Å²) >= 11 is 0. The number of nitrogens with one attached hydrogen (secondary N) is 3. The second-order valence-corrected chi connectivity index (χ2v) is 12.6. The van der Waals surface area contributed by atoms with E-state index in [0.29, 0.717) is 6.54 Å². The minimum Gasteiger partial charge on any atom is -0.363 e. The molecular weight excluding hydrogens is 516 g/mol. The van der Waals surface area contributed by atoms with E-state index in [-0.39, 0.29) is 34.6 Å². The number of likely N-dealkylation sites (tertiary alicyclic amines) is 1. The zero-order valence-corrected chi connectivity index (χ0v) is 24.1. The Balaban J connectivity index is 1.78. The molecule has 0 bridgehead atoms. The van der Waals surface area contributed by atoms with Gasteiger partial charge in [-0.2, -0.15) is 0 Å². The van der Waals surface area contributed by atoms with Gasteiger partial charge in [0.05, 0.1) is 12.6 Å². The average Bonchev–Trinajstić information content (AvgIpc) is 3.20. The van der Waals surface area contributed by atoms with Crippen LogP contribution in [-0.4, -0.2) is 76.4 Å². The first-order valence-electron chi connectivity index (χ1n) is 13.4. The fourth-order valence-corrected chi connectivity index (χ4v) is 5.50. The Morgan fingerprint density at radius 2 is 1.75 bits per heavy atom. The summed E-state index contributed by atoms with van der Waals surface area (Å²) in [7, 11) is 0. The Hall–Kier alpha value is -3.83. The Labute approximate surface area is 234 Å². The van der Waals surface area contributed by atoms with Crippen LogP contribution in [0.5, 0.6) is 0 Å². The van der Waals surface area contributed by atoms with Gasteiger partial charge in [-0.05, 0) is 40.7 Å². The highest BCUT2D eigenvalue weighted by atomic mass is 16.2. The SMILES string of the molecule is CC(C)[C@H](NC(=O)N[C@H](C(=O)N1C[C@H]2[C@@H]([C@H]1C(=O)NCC(=O)C(N)=O)C2(C)C)C(C)(C)C)C(=O)c1ccccn1. The average molecular weight is 557 g/mol. The van der Waals surface area contributed by atoms with Gasteiger partial charge in [0.25, 0.3) is 5.91 Å². The van der Waals surface area contributed by atoms with Gasteiger partial charge >= 0.3 is 6.03 Å². The number of amides is 5. The fourth-order valence-electron chi connectivity index (χ4n) is 5.50. The third-order valence-corrected chi connectivity index (χ3v) is 8.00. The van der Waals surface area contributed by atoms with E-state index in [4.69, 9.17) is 5.73 Å². The van der Waals surface area contributed by atoms with Crippen molar-refractivity contribution in [2.75, 3.05) is 13.1 Å². The molecule has 5 atom stereocenters. The number of nitrogens with two attached hydrogens (primary N) is 1. The van der Waals surface area contributed by atoms with Crippen molar-refractivity contribution in [3.8, 4) is 0 Å². The minimum absolute atomic E-state index is 0.0646. The van der Waals surface area contributed by atoms with Gasteiger partial charge in [-0.3, -0.25) is 29.0 Å². The molecule has 0 unspecified atom stereocenters. The summed E-state index contributed by atoms with van der Waals surface area (Å²) in [6.07, 6.45) is 1.50. The molecule has 1 aromatic rings. The van der Waals surface area contributed by atoms with E-state index in [9.17, 15) is 28.8 Å². The van der Waals surface area contributed by atoms with Crippen molar-refractivity contribution >= 4 is 35.3 Å². The predicted molar refractivity (Wildman–Crippen MR) is 146 cm³/mol. The summed E-state index contributed by atoms with van der Waals surface area (Å²) in [6, 6.07) is 1.45. The lowest BCUT2D eigenvalue weighted by molar-refractivity contribution is -0.144. The van der Waals surface area contributed by atoms with Gasteiger partial charge in [0.1, 0.15) is 17.8 Å². The lowest BCUT2D eigenvalue weighted by Crippen LogP contribution is -2.61. The molecule has 12 nitrogen and oxygen atoms in total. The van der Waals surface area contributed by atoms with E-state index in [2.05, 4.69) is 20.9 Å². The zero-order chi connectivity index (χ0) is 30.2. The molecule has 0 spiro atoms. The molecule has 2 fully saturated rings. The van der Waals surface area contributed by atoms with Gasteiger partial charge in [-0.25, -0.2) is 4.79 Å². The van der Waals surface area contributed by atoms with Gasteiger partial charge in [-0.1, -0.05) is 54.5 Å².